The molecule has 0 radical (unpaired) electrons. The molecule has 0 saturated carbocycles. The predicted molar refractivity (Wildman–Crippen MR) is 118 cm³/mol. The summed E-state index contributed by atoms with van der Waals surface area (Å²) in [6, 6.07) is 12.7. The fourth-order valence-electron chi connectivity index (χ4n) is 2.40. The van der Waals surface area contributed by atoms with Crippen LogP contribution >= 0.6 is 0 Å². The maximum atomic E-state index is 12.4. The first-order valence-electron chi connectivity index (χ1n) is 8.84. The first-order chi connectivity index (χ1) is 13.8. The molecule has 2 rings (SSSR count). The van der Waals surface area contributed by atoms with Crippen LogP contribution in [0.4, 0.5) is 17.1 Å². The second-order valence-corrected chi connectivity index (χ2v) is 10.8. The Morgan fingerprint density at radius 3 is 1.97 bits per heavy atom. The number of sulfonamides is 2. The highest BCUT2D eigenvalue weighted by Gasteiger charge is 2.17. The molecule has 0 fully saturated rings. The lowest BCUT2D eigenvalue weighted by atomic mass is 10.2. The molecule has 11 heteroatoms. The van der Waals surface area contributed by atoms with Crippen molar-refractivity contribution in [1.82, 2.24) is 0 Å². The minimum absolute atomic E-state index is 0.397. The van der Waals surface area contributed by atoms with Gasteiger partial charge in [-0.05, 0) is 49.4 Å². The van der Waals surface area contributed by atoms with Crippen LogP contribution in [0.2, 0.25) is 0 Å². The van der Waals surface area contributed by atoms with Gasteiger partial charge in [-0.2, -0.15) is 0 Å². The average Bonchev–Trinajstić information content (AvgIpc) is 2.66. The Balaban J connectivity index is 2.05. The third kappa shape index (κ3) is 6.10. The summed E-state index contributed by atoms with van der Waals surface area (Å²) in [7, 11) is -3.93. The van der Waals surface area contributed by atoms with Crippen molar-refractivity contribution < 1.29 is 26.4 Å². The van der Waals surface area contributed by atoms with E-state index in [9.17, 15) is 21.6 Å². The number of nitrogens with zero attached hydrogens (tertiary/aromatic N) is 2. The lowest BCUT2D eigenvalue weighted by molar-refractivity contribution is -0.122. The summed E-state index contributed by atoms with van der Waals surface area (Å²) < 4.78 is 54.4. The van der Waals surface area contributed by atoms with E-state index in [4.69, 9.17) is 4.74 Å². The number of ether oxygens (including phenoxy) is 1. The van der Waals surface area contributed by atoms with Gasteiger partial charge in [0.1, 0.15) is 5.75 Å². The lowest BCUT2D eigenvalue weighted by Gasteiger charge is -2.19. The molecule has 30 heavy (non-hydrogen) atoms. The number of carbonyl (C=O) groups excluding carboxylic acids is 1. The molecule has 2 aromatic rings. The molecule has 0 aliphatic carbocycles. The molecule has 164 valence electrons. The van der Waals surface area contributed by atoms with Gasteiger partial charge in [0.25, 0.3) is 5.91 Å². The van der Waals surface area contributed by atoms with Gasteiger partial charge >= 0.3 is 0 Å². The number of hydrogen-bond donors (Lipinski definition) is 1. The van der Waals surface area contributed by atoms with Crippen LogP contribution in [0.5, 0.6) is 5.75 Å². The molecule has 0 aromatic heterocycles. The van der Waals surface area contributed by atoms with Crippen LogP contribution in [0.25, 0.3) is 0 Å². The van der Waals surface area contributed by atoms with E-state index in [-0.39, 0.29) is 0 Å². The number of carbonyl (C=O) groups is 1. The molecule has 0 aliphatic heterocycles. The molecule has 2 aromatic carbocycles. The Bertz CT molecular complexity index is 1120. The zero-order chi connectivity index (χ0) is 22.7. The summed E-state index contributed by atoms with van der Waals surface area (Å²) in [6.07, 6.45) is 1.35. The summed E-state index contributed by atoms with van der Waals surface area (Å²) in [5.41, 5.74) is 1.30. The normalized spacial score (nSPS) is 12.7. The minimum atomic E-state index is -3.42. The topological polar surface area (TPSA) is 113 Å². The number of hydrogen-bond acceptors (Lipinski definition) is 6. The minimum Gasteiger partial charge on any atom is -0.481 e. The fourth-order valence-corrected chi connectivity index (χ4v) is 3.40. The van der Waals surface area contributed by atoms with E-state index in [1.54, 1.807) is 55.5 Å². The molecule has 1 amide bonds. The molecule has 1 N–H and O–H groups in total. The Morgan fingerprint density at radius 2 is 1.43 bits per heavy atom. The van der Waals surface area contributed by atoms with Gasteiger partial charge in [0, 0.05) is 19.8 Å². The van der Waals surface area contributed by atoms with Gasteiger partial charge in [0.2, 0.25) is 20.0 Å². The fraction of sp³-hybridized carbons (Fsp3) is 0.316. The van der Waals surface area contributed by atoms with E-state index in [1.165, 1.54) is 14.1 Å². The second kappa shape index (κ2) is 8.92. The molecule has 0 saturated heterocycles. The highest BCUT2D eigenvalue weighted by Crippen LogP contribution is 2.23. The summed E-state index contributed by atoms with van der Waals surface area (Å²) in [6.45, 7) is 1.57. The maximum absolute atomic E-state index is 12.4. The van der Waals surface area contributed by atoms with Crippen molar-refractivity contribution >= 4 is 43.0 Å². The SMILES string of the molecule is C[C@@H](Oc1ccc(N(C)S(C)(=O)=O)cc1)C(=O)Nc1cccc(N(C)S(C)(=O)=O)c1. The summed E-state index contributed by atoms with van der Waals surface area (Å²) in [5.74, 6) is -0.0275. The summed E-state index contributed by atoms with van der Waals surface area (Å²) in [4.78, 5) is 12.4. The van der Waals surface area contributed by atoms with E-state index < -0.39 is 32.1 Å². The van der Waals surface area contributed by atoms with Crippen molar-refractivity contribution in [2.24, 2.45) is 0 Å². The van der Waals surface area contributed by atoms with Crippen molar-refractivity contribution in [2.75, 3.05) is 40.5 Å². The van der Waals surface area contributed by atoms with Gasteiger partial charge in [0.05, 0.1) is 23.9 Å². The van der Waals surface area contributed by atoms with Crippen LogP contribution in [-0.4, -0.2) is 55.5 Å². The van der Waals surface area contributed by atoms with Crippen molar-refractivity contribution in [3.8, 4) is 5.75 Å². The predicted octanol–water partition coefficient (Wildman–Crippen LogP) is 1.88. The van der Waals surface area contributed by atoms with Crippen molar-refractivity contribution in [2.45, 2.75) is 13.0 Å². The standard InChI is InChI=1S/C19H25N3O6S2/c1-14(28-18-11-9-16(10-12-18)21(2)29(4,24)25)19(23)20-15-7-6-8-17(13-15)22(3)30(5,26)27/h6-14H,1-5H3,(H,20,23)/t14-/m1/s1. The van der Waals surface area contributed by atoms with Crippen molar-refractivity contribution in [3.63, 3.8) is 0 Å². The molecular formula is C19H25N3O6S2. The summed E-state index contributed by atoms with van der Waals surface area (Å²) >= 11 is 0. The van der Waals surface area contributed by atoms with Crippen LogP contribution in [-0.2, 0) is 24.8 Å². The number of rotatable bonds is 8. The quantitative estimate of drug-likeness (QED) is 0.650. The molecule has 0 bridgehead atoms. The number of anilines is 3. The van der Waals surface area contributed by atoms with Gasteiger partial charge in [-0.15, -0.1) is 0 Å². The molecular weight excluding hydrogens is 430 g/mol. The van der Waals surface area contributed by atoms with E-state index in [1.807, 2.05) is 0 Å². The lowest BCUT2D eigenvalue weighted by Crippen LogP contribution is -2.30. The zero-order valence-corrected chi connectivity index (χ0v) is 19.0. The Labute approximate surface area is 177 Å². The largest absolute Gasteiger partial charge is 0.481 e. The average molecular weight is 456 g/mol. The smallest absolute Gasteiger partial charge is 0.265 e. The Morgan fingerprint density at radius 1 is 0.900 bits per heavy atom. The Hall–Kier alpha value is -2.79. The number of nitrogens with one attached hydrogen (secondary N) is 1. The first-order valence-corrected chi connectivity index (χ1v) is 12.5. The van der Waals surface area contributed by atoms with E-state index >= 15 is 0 Å². The molecule has 0 spiro atoms. The number of benzene rings is 2. The third-order valence-electron chi connectivity index (χ3n) is 4.35. The van der Waals surface area contributed by atoms with Crippen LogP contribution in [0, 0.1) is 0 Å². The Kier molecular flexibility index (Phi) is 6.99. The van der Waals surface area contributed by atoms with Gasteiger partial charge in [-0.1, -0.05) is 6.07 Å². The van der Waals surface area contributed by atoms with Gasteiger partial charge in [0.15, 0.2) is 6.10 Å². The van der Waals surface area contributed by atoms with Crippen molar-refractivity contribution in [1.29, 1.82) is 0 Å². The second-order valence-electron chi connectivity index (χ2n) is 6.75. The van der Waals surface area contributed by atoms with Crippen LogP contribution < -0.4 is 18.7 Å². The monoisotopic (exact) mass is 455 g/mol. The van der Waals surface area contributed by atoms with Crippen molar-refractivity contribution in [3.05, 3.63) is 48.5 Å². The van der Waals surface area contributed by atoms with Gasteiger partial charge < -0.3 is 10.1 Å². The van der Waals surface area contributed by atoms with E-state index in [0.717, 1.165) is 21.1 Å². The molecule has 1 atom stereocenters. The number of amides is 1. The van der Waals surface area contributed by atoms with Crippen LogP contribution in [0.1, 0.15) is 6.92 Å². The van der Waals surface area contributed by atoms with Gasteiger partial charge in [-0.25, -0.2) is 16.8 Å². The van der Waals surface area contributed by atoms with Gasteiger partial charge in [-0.3, -0.25) is 13.4 Å². The third-order valence-corrected chi connectivity index (χ3v) is 6.77. The van der Waals surface area contributed by atoms with Crippen LogP contribution in [0.15, 0.2) is 48.5 Å². The first kappa shape index (κ1) is 23.5. The van der Waals surface area contributed by atoms with E-state index in [2.05, 4.69) is 5.32 Å². The van der Waals surface area contributed by atoms with Crippen LogP contribution in [0.3, 0.4) is 0 Å². The van der Waals surface area contributed by atoms with E-state index in [0.29, 0.717) is 22.8 Å². The highest BCUT2D eigenvalue weighted by atomic mass is 32.2. The molecule has 0 aliphatic rings. The summed E-state index contributed by atoms with van der Waals surface area (Å²) in [5, 5.41) is 2.69. The molecule has 9 nitrogen and oxygen atoms in total. The zero-order valence-electron chi connectivity index (χ0n) is 17.4. The highest BCUT2D eigenvalue weighted by molar-refractivity contribution is 7.92. The molecule has 0 heterocycles. The molecule has 0 unspecified atom stereocenters. The maximum Gasteiger partial charge on any atom is 0.265 e.